The molecule has 0 saturated carbocycles. The minimum atomic E-state index is -0.153. The maximum Gasteiger partial charge on any atom is 0.237 e. The van der Waals surface area contributed by atoms with E-state index in [9.17, 15) is 4.79 Å². The van der Waals surface area contributed by atoms with Gasteiger partial charge < -0.3 is 15.2 Å². The van der Waals surface area contributed by atoms with Crippen molar-refractivity contribution < 1.29 is 4.79 Å². The Balaban J connectivity index is 1.52. The van der Waals surface area contributed by atoms with Crippen molar-refractivity contribution in [3.8, 4) is 0 Å². The van der Waals surface area contributed by atoms with E-state index in [2.05, 4.69) is 33.0 Å². The zero-order valence-electron chi connectivity index (χ0n) is 12.0. The third kappa shape index (κ3) is 3.11. The number of fused-ring (bicyclic) bond motifs is 1. The van der Waals surface area contributed by atoms with Gasteiger partial charge in [0.2, 0.25) is 5.91 Å². The number of hydrogen-bond acceptors (Lipinski definition) is 4. The quantitative estimate of drug-likeness (QED) is 0.841. The summed E-state index contributed by atoms with van der Waals surface area (Å²) < 4.78 is 1.86. The Kier molecular flexibility index (Phi) is 3.96. The molecule has 2 N–H and O–H groups in total. The van der Waals surface area contributed by atoms with Gasteiger partial charge in [0.1, 0.15) is 12.2 Å². The fourth-order valence-electron chi connectivity index (χ4n) is 2.59. The molecule has 1 aliphatic heterocycles. The minimum absolute atomic E-state index is 0.0478. The lowest BCUT2D eigenvalue weighted by molar-refractivity contribution is -0.123. The Bertz CT molecular complexity index is 636. The van der Waals surface area contributed by atoms with Crippen LogP contribution in [-0.2, 0) is 31.2 Å². The van der Waals surface area contributed by atoms with E-state index in [0.717, 1.165) is 18.8 Å². The van der Waals surface area contributed by atoms with Crippen molar-refractivity contribution in [2.24, 2.45) is 7.05 Å². The molecular weight excluding hydrogens is 266 g/mol. The van der Waals surface area contributed by atoms with E-state index in [4.69, 9.17) is 0 Å². The molecule has 6 heteroatoms. The summed E-state index contributed by atoms with van der Waals surface area (Å²) in [7, 11) is 1.90. The molecule has 0 saturated heterocycles. The van der Waals surface area contributed by atoms with Crippen molar-refractivity contribution in [2.75, 3.05) is 6.54 Å². The number of carbonyl (C=O) groups is 1. The first kappa shape index (κ1) is 13.8. The third-order valence-corrected chi connectivity index (χ3v) is 3.85. The van der Waals surface area contributed by atoms with E-state index in [0.29, 0.717) is 13.0 Å². The fourth-order valence-corrected chi connectivity index (χ4v) is 2.59. The van der Waals surface area contributed by atoms with Crippen LogP contribution in [0.2, 0.25) is 0 Å². The van der Waals surface area contributed by atoms with Gasteiger partial charge in [0.15, 0.2) is 0 Å². The van der Waals surface area contributed by atoms with Gasteiger partial charge >= 0.3 is 0 Å². The van der Waals surface area contributed by atoms with E-state index < -0.39 is 0 Å². The van der Waals surface area contributed by atoms with Gasteiger partial charge in [0.25, 0.3) is 0 Å². The first-order valence-corrected chi connectivity index (χ1v) is 7.15. The number of aromatic nitrogens is 3. The van der Waals surface area contributed by atoms with Gasteiger partial charge in [0.05, 0.1) is 6.04 Å². The van der Waals surface area contributed by atoms with Crippen LogP contribution in [0.1, 0.15) is 17.0 Å². The summed E-state index contributed by atoms with van der Waals surface area (Å²) in [4.78, 5) is 12.2. The third-order valence-electron chi connectivity index (χ3n) is 3.85. The van der Waals surface area contributed by atoms with E-state index in [-0.39, 0.29) is 11.9 Å². The van der Waals surface area contributed by atoms with Crippen molar-refractivity contribution in [1.29, 1.82) is 0 Å². The average molecular weight is 285 g/mol. The van der Waals surface area contributed by atoms with Gasteiger partial charge in [-0.1, -0.05) is 24.3 Å². The van der Waals surface area contributed by atoms with Crippen LogP contribution in [0.15, 0.2) is 30.6 Å². The van der Waals surface area contributed by atoms with Gasteiger partial charge in [-0.2, -0.15) is 0 Å². The molecule has 0 bridgehead atoms. The largest absolute Gasteiger partial charge is 0.354 e. The highest BCUT2D eigenvalue weighted by Crippen LogP contribution is 2.16. The van der Waals surface area contributed by atoms with Crippen LogP contribution >= 0.6 is 0 Å². The Morgan fingerprint density at radius 2 is 2.24 bits per heavy atom. The normalized spacial score (nSPS) is 17.3. The molecule has 1 aromatic carbocycles. The minimum Gasteiger partial charge on any atom is -0.354 e. The van der Waals surface area contributed by atoms with Gasteiger partial charge in [-0.15, -0.1) is 10.2 Å². The molecule has 21 heavy (non-hydrogen) atoms. The van der Waals surface area contributed by atoms with Gasteiger partial charge in [-0.3, -0.25) is 4.79 Å². The number of benzene rings is 1. The Hall–Kier alpha value is -2.21. The second kappa shape index (κ2) is 6.05. The molecule has 1 amide bonds. The van der Waals surface area contributed by atoms with Crippen LogP contribution in [0, 0.1) is 0 Å². The number of nitrogens with one attached hydrogen (secondary N) is 2. The number of amides is 1. The van der Waals surface area contributed by atoms with E-state index in [1.165, 1.54) is 11.1 Å². The van der Waals surface area contributed by atoms with Crippen molar-refractivity contribution in [3.63, 3.8) is 0 Å². The lowest BCUT2D eigenvalue weighted by Gasteiger charge is -2.25. The second-order valence-electron chi connectivity index (χ2n) is 5.31. The molecule has 0 fully saturated rings. The summed E-state index contributed by atoms with van der Waals surface area (Å²) in [6.07, 6.45) is 3.09. The zero-order chi connectivity index (χ0) is 14.7. The highest BCUT2D eigenvalue weighted by molar-refractivity contribution is 5.82. The number of rotatable bonds is 4. The van der Waals surface area contributed by atoms with Crippen LogP contribution in [0.5, 0.6) is 0 Å². The maximum absolute atomic E-state index is 12.2. The molecule has 3 rings (SSSR count). The second-order valence-corrected chi connectivity index (χ2v) is 5.31. The van der Waals surface area contributed by atoms with Crippen LogP contribution in [-0.4, -0.2) is 33.3 Å². The first-order chi connectivity index (χ1) is 10.2. The molecule has 2 heterocycles. The number of aryl methyl sites for hydroxylation is 1. The van der Waals surface area contributed by atoms with Gasteiger partial charge in [0, 0.05) is 26.6 Å². The SMILES string of the molecule is Cn1cnnc1CCNC(=O)C1Cc2ccccc2CN1. The lowest BCUT2D eigenvalue weighted by atomic mass is 9.95. The van der Waals surface area contributed by atoms with Crippen LogP contribution in [0.4, 0.5) is 0 Å². The topological polar surface area (TPSA) is 71.8 Å². The number of hydrogen-bond donors (Lipinski definition) is 2. The lowest BCUT2D eigenvalue weighted by Crippen LogP contribution is -2.48. The average Bonchev–Trinajstić information content (AvgIpc) is 2.92. The molecule has 1 atom stereocenters. The van der Waals surface area contributed by atoms with Crippen LogP contribution in [0.3, 0.4) is 0 Å². The first-order valence-electron chi connectivity index (χ1n) is 7.15. The molecule has 6 nitrogen and oxygen atoms in total. The Labute approximate surface area is 123 Å². The summed E-state index contributed by atoms with van der Waals surface area (Å²) >= 11 is 0. The van der Waals surface area contributed by atoms with Crippen molar-refractivity contribution in [1.82, 2.24) is 25.4 Å². The monoisotopic (exact) mass is 285 g/mol. The smallest absolute Gasteiger partial charge is 0.237 e. The molecule has 110 valence electrons. The molecule has 1 unspecified atom stereocenters. The summed E-state index contributed by atoms with van der Waals surface area (Å²) in [5.41, 5.74) is 2.53. The molecule has 0 aliphatic carbocycles. The number of carbonyl (C=O) groups excluding carboxylic acids is 1. The van der Waals surface area contributed by atoms with Crippen LogP contribution in [0.25, 0.3) is 0 Å². The number of nitrogens with zero attached hydrogens (tertiary/aromatic N) is 3. The van der Waals surface area contributed by atoms with Crippen molar-refractivity contribution in [2.45, 2.75) is 25.4 Å². The van der Waals surface area contributed by atoms with Gasteiger partial charge in [-0.25, -0.2) is 0 Å². The Morgan fingerprint density at radius 1 is 1.43 bits per heavy atom. The standard InChI is InChI=1S/C15H19N5O/c1-20-10-18-19-14(20)6-7-16-15(21)13-8-11-4-2-3-5-12(11)9-17-13/h2-5,10,13,17H,6-9H2,1H3,(H,16,21). The maximum atomic E-state index is 12.2. The molecular formula is C15H19N5O. The van der Waals surface area contributed by atoms with E-state index in [1.807, 2.05) is 23.7 Å². The zero-order valence-corrected chi connectivity index (χ0v) is 12.0. The highest BCUT2D eigenvalue weighted by Gasteiger charge is 2.23. The van der Waals surface area contributed by atoms with Crippen LogP contribution < -0.4 is 10.6 Å². The molecule has 0 spiro atoms. The Morgan fingerprint density at radius 3 is 3.00 bits per heavy atom. The molecule has 2 aromatic rings. The van der Waals surface area contributed by atoms with Crippen molar-refractivity contribution in [3.05, 3.63) is 47.5 Å². The molecule has 1 aliphatic rings. The van der Waals surface area contributed by atoms with E-state index >= 15 is 0 Å². The molecule has 1 aromatic heterocycles. The predicted molar refractivity (Wildman–Crippen MR) is 78.5 cm³/mol. The summed E-state index contributed by atoms with van der Waals surface area (Å²) in [6, 6.07) is 8.09. The highest BCUT2D eigenvalue weighted by atomic mass is 16.2. The predicted octanol–water partition coefficient (Wildman–Crippen LogP) is 0.188. The molecule has 0 radical (unpaired) electrons. The summed E-state index contributed by atoms with van der Waals surface area (Å²) in [5.74, 6) is 0.920. The summed E-state index contributed by atoms with van der Waals surface area (Å²) in [5, 5.41) is 14.1. The van der Waals surface area contributed by atoms with Crippen molar-refractivity contribution >= 4 is 5.91 Å². The summed E-state index contributed by atoms with van der Waals surface area (Å²) in [6.45, 7) is 1.32. The van der Waals surface area contributed by atoms with Gasteiger partial charge in [-0.05, 0) is 17.5 Å². The fraction of sp³-hybridized carbons (Fsp3) is 0.400. The van der Waals surface area contributed by atoms with E-state index in [1.54, 1.807) is 6.33 Å².